The van der Waals surface area contributed by atoms with Crippen molar-refractivity contribution in [2.24, 2.45) is 11.8 Å². The van der Waals surface area contributed by atoms with Crippen molar-refractivity contribution in [2.75, 3.05) is 19.6 Å². The molecule has 0 aromatic carbocycles. The second kappa shape index (κ2) is 3.38. The van der Waals surface area contributed by atoms with Gasteiger partial charge < -0.3 is 4.90 Å². The third-order valence-electron chi connectivity index (χ3n) is 2.47. The van der Waals surface area contributed by atoms with E-state index in [9.17, 15) is 0 Å². The predicted molar refractivity (Wildman–Crippen MR) is 45.1 cm³/mol. The molecule has 0 unspecified atom stereocenters. The molecule has 0 bridgehead atoms. The Labute approximate surface area is 64.4 Å². The fraction of sp³-hybridized carbons (Fsp3) is 1.00. The minimum absolute atomic E-state index is 0.896. The van der Waals surface area contributed by atoms with Crippen LogP contribution < -0.4 is 0 Å². The lowest BCUT2D eigenvalue weighted by Crippen LogP contribution is -2.48. The molecule has 1 saturated heterocycles. The van der Waals surface area contributed by atoms with Crippen LogP contribution in [0, 0.1) is 11.8 Å². The molecule has 0 radical (unpaired) electrons. The van der Waals surface area contributed by atoms with E-state index >= 15 is 0 Å². The Morgan fingerprint density at radius 3 is 2.40 bits per heavy atom. The van der Waals surface area contributed by atoms with Crippen LogP contribution >= 0.6 is 0 Å². The van der Waals surface area contributed by atoms with Crippen molar-refractivity contribution in [3.05, 3.63) is 0 Å². The number of likely N-dealkylation sites (tertiary alicyclic amines) is 1. The van der Waals surface area contributed by atoms with Crippen molar-refractivity contribution in [1.82, 2.24) is 4.90 Å². The summed E-state index contributed by atoms with van der Waals surface area (Å²) >= 11 is 0. The monoisotopic (exact) mass is 141 g/mol. The molecule has 0 aromatic heterocycles. The summed E-state index contributed by atoms with van der Waals surface area (Å²) in [4.78, 5) is 2.55. The van der Waals surface area contributed by atoms with Gasteiger partial charge in [0.25, 0.3) is 0 Å². The first-order chi connectivity index (χ1) is 4.74. The minimum Gasteiger partial charge on any atom is -0.303 e. The molecule has 1 rings (SSSR count). The molecule has 60 valence electrons. The van der Waals surface area contributed by atoms with E-state index in [1.165, 1.54) is 26.1 Å². The highest BCUT2D eigenvalue weighted by atomic mass is 15.2. The van der Waals surface area contributed by atoms with Crippen LogP contribution in [0.25, 0.3) is 0 Å². The molecular weight excluding hydrogens is 122 g/mol. The van der Waals surface area contributed by atoms with E-state index in [1.54, 1.807) is 0 Å². The molecule has 1 nitrogen and oxygen atoms in total. The first kappa shape index (κ1) is 8.06. The SMILES string of the molecule is CCCN1CC(C(C)C)C1. The van der Waals surface area contributed by atoms with Gasteiger partial charge in [0.1, 0.15) is 0 Å². The third kappa shape index (κ3) is 1.72. The molecule has 0 atom stereocenters. The summed E-state index contributed by atoms with van der Waals surface area (Å²) in [5.41, 5.74) is 0. The zero-order valence-electron chi connectivity index (χ0n) is 7.43. The van der Waals surface area contributed by atoms with Gasteiger partial charge in [0.2, 0.25) is 0 Å². The molecule has 10 heavy (non-hydrogen) atoms. The summed E-state index contributed by atoms with van der Waals surface area (Å²) in [6.07, 6.45) is 1.31. The number of rotatable bonds is 3. The summed E-state index contributed by atoms with van der Waals surface area (Å²) in [6.45, 7) is 10.9. The number of hydrogen-bond acceptors (Lipinski definition) is 1. The highest BCUT2D eigenvalue weighted by Gasteiger charge is 2.27. The average molecular weight is 141 g/mol. The molecule has 0 saturated carbocycles. The molecule has 0 amide bonds. The number of nitrogens with zero attached hydrogens (tertiary/aromatic N) is 1. The lowest BCUT2D eigenvalue weighted by Gasteiger charge is -2.41. The first-order valence-corrected chi connectivity index (χ1v) is 4.46. The zero-order valence-corrected chi connectivity index (χ0v) is 7.43. The summed E-state index contributed by atoms with van der Waals surface area (Å²) in [6, 6.07) is 0. The van der Waals surface area contributed by atoms with Crippen molar-refractivity contribution >= 4 is 0 Å². The van der Waals surface area contributed by atoms with E-state index in [0.29, 0.717) is 0 Å². The summed E-state index contributed by atoms with van der Waals surface area (Å²) in [7, 11) is 0. The Balaban J connectivity index is 2.06. The quantitative estimate of drug-likeness (QED) is 0.581. The molecule has 1 aliphatic rings. The Hall–Kier alpha value is -0.0400. The molecule has 0 N–H and O–H groups in total. The molecular formula is C9H19N. The maximum Gasteiger partial charge on any atom is 0.00245 e. The van der Waals surface area contributed by atoms with Gasteiger partial charge in [0, 0.05) is 13.1 Å². The normalized spacial score (nSPS) is 21.6. The molecule has 0 aliphatic carbocycles. The molecule has 1 fully saturated rings. The molecule has 1 heteroatoms. The fourth-order valence-electron chi connectivity index (χ4n) is 1.53. The van der Waals surface area contributed by atoms with Gasteiger partial charge >= 0.3 is 0 Å². The van der Waals surface area contributed by atoms with Crippen LogP contribution in [0.2, 0.25) is 0 Å². The lowest BCUT2D eigenvalue weighted by atomic mass is 9.88. The second-order valence-corrected chi connectivity index (χ2v) is 3.76. The van der Waals surface area contributed by atoms with E-state index < -0.39 is 0 Å². The maximum absolute atomic E-state index is 2.55. The molecule has 1 heterocycles. The lowest BCUT2D eigenvalue weighted by molar-refractivity contribution is 0.0690. The standard InChI is InChI=1S/C9H19N/c1-4-5-10-6-9(7-10)8(2)3/h8-9H,4-7H2,1-3H3. The van der Waals surface area contributed by atoms with Crippen LogP contribution in [-0.4, -0.2) is 24.5 Å². The van der Waals surface area contributed by atoms with Crippen LogP contribution in [0.15, 0.2) is 0 Å². The number of hydrogen-bond donors (Lipinski definition) is 0. The summed E-state index contributed by atoms with van der Waals surface area (Å²) in [5.74, 6) is 1.89. The van der Waals surface area contributed by atoms with Crippen LogP contribution in [0.5, 0.6) is 0 Å². The topological polar surface area (TPSA) is 3.24 Å². The minimum atomic E-state index is 0.896. The summed E-state index contributed by atoms with van der Waals surface area (Å²) in [5, 5.41) is 0. The fourth-order valence-corrected chi connectivity index (χ4v) is 1.53. The smallest absolute Gasteiger partial charge is 0.00245 e. The van der Waals surface area contributed by atoms with Gasteiger partial charge in [-0.25, -0.2) is 0 Å². The van der Waals surface area contributed by atoms with Crippen LogP contribution in [0.4, 0.5) is 0 Å². The van der Waals surface area contributed by atoms with E-state index in [1.807, 2.05) is 0 Å². The first-order valence-electron chi connectivity index (χ1n) is 4.46. The van der Waals surface area contributed by atoms with E-state index in [4.69, 9.17) is 0 Å². The van der Waals surface area contributed by atoms with Crippen molar-refractivity contribution in [3.8, 4) is 0 Å². The largest absolute Gasteiger partial charge is 0.303 e. The highest BCUT2D eigenvalue weighted by molar-refractivity contribution is 4.80. The highest BCUT2D eigenvalue weighted by Crippen LogP contribution is 2.22. The molecule has 0 spiro atoms. The van der Waals surface area contributed by atoms with Crippen molar-refractivity contribution < 1.29 is 0 Å². The van der Waals surface area contributed by atoms with Crippen LogP contribution in [-0.2, 0) is 0 Å². The van der Waals surface area contributed by atoms with Gasteiger partial charge in [-0.2, -0.15) is 0 Å². The summed E-state index contributed by atoms with van der Waals surface area (Å²) < 4.78 is 0. The Morgan fingerprint density at radius 2 is 2.00 bits per heavy atom. The molecule has 1 aliphatic heterocycles. The maximum atomic E-state index is 2.55. The molecule has 0 aromatic rings. The van der Waals surface area contributed by atoms with Gasteiger partial charge in [0.15, 0.2) is 0 Å². The Morgan fingerprint density at radius 1 is 1.40 bits per heavy atom. The van der Waals surface area contributed by atoms with Crippen LogP contribution in [0.3, 0.4) is 0 Å². The second-order valence-electron chi connectivity index (χ2n) is 3.76. The van der Waals surface area contributed by atoms with Gasteiger partial charge in [-0.05, 0) is 24.8 Å². The van der Waals surface area contributed by atoms with Gasteiger partial charge in [0.05, 0.1) is 0 Å². The van der Waals surface area contributed by atoms with Gasteiger partial charge in [-0.3, -0.25) is 0 Å². The van der Waals surface area contributed by atoms with Gasteiger partial charge in [-0.1, -0.05) is 20.8 Å². The third-order valence-corrected chi connectivity index (χ3v) is 2.47. The van der Waals surface area contributed by atoms with E-state index in [2.05, 4.69) is 25.7 Å². The van der Waals surface area contributed by atoms with E-state index in [-0.39, 0.29) is 0 Å². The van der Waals surface area contributed by atoms with E-state index in [0.717, 1.165) is 11.8 Å². The van der Waals surface area contributed by atoms with Crippen molar-refractivity contribution in [3.63, 3.8) is 0 Å². The van der Waals surface area contributed by atoms with Gasteiger partial charge in [-0.15, -0.1) is 0 Å². The Kier molecular flexibility index (Phi) is 2.72. The Bertz CT molecular complexity index is 92.9. The zero-order chi connectivity index (χ0) is 7.56. The van der Waals surface area contributed by atoms with Crippen LogP contribution in [0.1, 0.15) is 27.2 Å². The van der Waals surface area contributed by atoms with Crippen molar-refractivity contribution in [1.29, 1.82) is 0 Å². The predicted octanol–water partition coefficient (Wildman–Crippen LogP) is 1.98. The average Bonchev–Trinajstić information content (AvgIpc) is 1.76. The van der Waals surface area contributed by atoms with Crippen molar-refractivity contribution in [2.45, 2.75) is 27.2 Å².